The molecule has 0 saturated carbocycles. The van der Waals surface area contributed by atoms with E-state index in [-0.39, 0.29) is 0 Å². The fourth-order valence-corrected chi connectivity index (χ4v) is 3.09. The van der Waals surface area contributed by atoms with E-state index in [0.717, 1.165) is 43.0 Å². The van der Waals surface area contributed by atoms with Crippen LogP contribution in [0, 0.1) is 0 Å². The van der Waals surface area contributed by atoms with E-state index in [0.29, 0.717) is 6.04 Å². The van der Waals surface area contributed by atoms with Crippen molar-refractivity contribution in [3.05, 3.63) is 47.8 Å². The van der Waals surface area contributed by atoms with E-state index in [4.69, 9.17) is 9.97 Å². The maximum absolute atomic E-state index is 4.77. The molecule has 0 amide bonds. The minimum Gasteiger partial charge on any atom is -0.366 e. The number of hydrogen-bond acceptors (Lipinski definition) is 4. The Morgan fingerprint density at radius 2 is 1.95 bits per heavy atom. The summed E-state index contributed by atoms with van der Waals surface area (Å²) in [5, 5.41) is 3.61. The molecule has 2 aromatic rings. The van der Waals surface area contributed by atoms with Crippen LogP contribution < -0.4 is 5.32 Å². The van der Waals surface area contributed by atoms with Crippen molar-refractivity contribution in [2.45, 2.75) is 38.1 Å². The molecule has 1 N–H and O–H groups in total. The third-order valence-corrected chi connectivity index (χ3v) is 4.18. The summed E-state index contributed by atoms with van der Waals surface area (Å²) in [6.07, 6.45) is 11.7. The van der Waals surface area contributed by atoms with Gasteiger partial charge in [-0.15, -0.1) is 0 Å². The highest BCUT2D eigenvalue weighted by molar-refractivity contribution is 5.58. The lowest BCUT2D eigenvalue weighted by Gasteiger charge is -2.16. The maximum atomic E-state index is 4.77. The number of aromatic nitrogens is 3. The first-order chi connectivity index (χ1) is 10.4. The number of fused-ring (bicyclic) bond motifs is 1. The first-order valence-electron chi connectivity index (χ1n) is 7.63. The minimum absolute atomic E-state index is 0.473. The van der Waals surface area contributed by atoms with Crippen molar-refractivity contribution in [3.8, 4) is 11.5 Å². The van der Waals surface area contributed by atoms with Crippen molar-refractivity contribution in [3.63, 3.8) is 0 Å². The molecule has 4 rings (SSSR count). The van der Waals surface area contributed by atoms with Crippen molar-refractivity contribution >= 4 is 5.82 Å². The quantitative estimate of drug-likeness (QED) is 0.876. The van der Waals surface area contributed by atoms with Gasteiger partial charge in [0.2, 0.25) is 0 Å². The van der Waals surface area contributed by atoms with Crippen LogP contribution in [-0.2, 0) is 12.8 Å². The molecule has 2 aromatic heterocycles. The number of nitrogens with zero attached hydrogens (tertiary/aromatic N) is 3. The van der Waals surface area contributed by atoms with Gasteiger partial charge in [0, 0.05) is 23.5 Å². The van der Waals surface area contributed by atoms with Gasteiger partial charge in [-0.25, -0.2) is 9.97 Å². The van der Waals surface area contributed by atoms with Crippen LogP contribution in [0.3, 0.4) is 0 Å². The lowest BCUT2D eigenvalue weighted by molar-refractivity contribution is 0.776. The lowest BCUT2D eigenvalue weighted by atomic mass is 10.2. The van der Waals surface area contributed by atoms with Crippen molar-refractivity contribution in [1.82, 2.24) is 15.0 Å². The van der Waals surface area contributed by atoms with Gasteiger partial charge in [-0.3, -0.25) is 4.98 Å². The predicted molar refractivity (Wildman–Crippen MR) is 83.1 cm³/mol. The first kappa shape index (κ1) is 12.5. The van der Waals surface area contributed by atoms with Crippen molar-refractivity contribution in [2.24, 2.45) is 0 Å². The van der Waals surface area contributed by atoms with E-state index in [1.807, 2.05) is 18.2 Å². The highest BCUT2D eigenvalue weighted by Gasteiger charge is 2.22. The third-order valence-electron chi connectivity index (χ3n) is 4.18. The van der Waals surface area contributed by atoms with Crippen molar-refractivity contribution < 1.29 is 0 Å². The number of hydrogen-bond donors (Lipinski definition) is 1. The summed E-state index contributed by atoms with van der Waals surface area (Å²) < 4.78 is 0. The summed E-state index contributed by atoms with van der Waals surface area (Å²) in [6, 6.07) is 6.34. The maximum Gasteiger partial charge on any atom is 0.180 e. The Balaban J connectivity index is 1.73. The summed E-state index contributed by atoms with van der Waals surface area (Å²) in [6.45, 7) is 0. The standard InChI is InChI=1S/C17H18N4/c1-2-7-12(6-1)19-16-13-8-5-10-14(13)20-17(21-16)15-9-3-4-11-18-15/h1-4,9,11-12H,5-8,10H2,(H,19,20,21). The Morgan fingerprint density at radius 1 is 1.05 bits per heavy atom. The molecule has 0 aromatic carbocycles. The molecule has 106 valence electrons. The number of anilines is 1. The fraction of sp³-hybridized carbons (Fsp3) is 0.353. The van der Waals surface area contributed by atoms with Gasteiger partial charge in [-0.2, -0.15) is 0 Å². The van der Waals surface area contributed by atoms with Crippen LogP contribution in [0.2, 0.25) is 0 Å². The van der Waals surface area contributed by atoms with Gasteiger partial charge in [-0.1, -0.05) is 18.2 Å². The molecule has 0 aliphatic heterocycles. The molecule has 2 heterocycles. The fourth-order valence-electron chi connectivity index (χ4n) is 3.09. The van der Waals surface area contributed by atoms with E-state index in [1.54, 1.807) is 6.20 Å². The molecule has 4 nitrogen and oxygen atoms in total. The summed E-state index contributed by atoms with van der Waals surface area (Å²) in [7, 11) is 0. The summed E-state index contributed by atoms with van der Waals surface area (Å²) in [4.78, 5) is 13.9. The summed E-state index contributed by atoms with van der Waals surface area (Å²) in [5.41, 5.74) is 3.35. The Kier molecular flexibility index (Phi) is 3.14. The highest BCUT2D eigenvalue weighted by atomic mass is 15.1. The van der Waals surface area contributed by atoms with Crippen LogP contribution in [-0.4, -0.2) is 21.0 Å². The van der Waals surface area contributed by atoms with E-state index < -0.39 is 0 Å². The van der Waals surface area contributed by atoms with Gasteiger partial charge < -0.3 is 5.32 Å². The molecule has 4 heteroatoms. The molecular weight excluding hydrogens is 260 g/mol. The Morgan fingerprint density at radius 3 is 2.76 bits per heavy atom. The van der Waals surface area contributed by atoms with Gasteiger partial charge in [0.05, 0.1) is 0 Å². The van der Waals surface area contributed by atoms with Crippen molar-refractivity contribution in [1.29, 1.82) is 0 Å². The van der Waals surface area contributed by atoms with Gasteiger partial charge in [-0.05, 0) is 44.2 Å². The van der Waals surface area contributed by atoms with E-state index >= 15 is 0 Å². The number of aryl methyl sites for hydroxylation is 1. The highest BCUT2D eigenvalue weighted by Crippen LogP contribution is 2.30. The molecule has 2 aliphatic carbocycles. The average Bonchev–Trinajstić information content (AvgIpc) is 3.19. The molecular formula is C17H18N4. The second-order valence-corrected chi connectivity index (χ2v) is 5.67. The molecule has 0 radical (unpaired) electrons. The molecule has 2 aliphatic rings. The number of rotatable bonds is 3. The van der Waals surface area contributed by atoms with E-state index in [2.05, 4.69) is 22.5 Å². The van der Waals surface area contributed by atoms with Gasteiger partial charge in [0.25, 0.3) is 0 Å². The number of nitrogens with one attached hydrogen (secondary N) is 1. The molecule has 0 atom stereocenters. The zero-order valence-corrected chi connectivity index (χ0v) is 11.9. The van der Waals surface area contributed by atoms with Crippen LogP contribution in [0.25, 0.3) is 11.5 Å². The minimum atomic E-state index is 0.473. The lowest BCUT2D eigenvalue weighted by Crippen LogP contribution is -2.18. The normalized spacial score (nSPS) is 17.1. The largest absolute Gasteiger partial charge is 0.366 e. The van der Waals surface area contributed by atoms with Crippen LogP contribution in [0.4, 0.5) is 5.82 Å². The summed E-state index contributed by atoms with van der Waals surface area (Å²) in [5.74, 6) is 1.76. The third kappa shape index (κ3) is 2.42. The molecule has 0 fully saturated rings. The zero-order chi connectivity index (χ0) is 14.1. The monoisotopic (exact) mass is 278 g/mol. The Bertz CT molecular complexity index is 671. The topological polar surface area (TPSA) is 50.7 Å². The van der Waals surface area contributed by atoms with Gasteiger partial charge in [0.15, 0.2) is 5.82 Å². The smallest absolute Gasteiger partial charge is 0.180 e. The van der Waals surface area contributed by atoms with Crippen LogP contribution in [0.15, 0.2) is 36.5 Å². The molecule has 0 saturated heterocycles. The van der Waals surface area contributed by atoms with Crippen LogP contribution in [0.5, 0.6) is 0 Å². The summed E-state index contributed by atoms with van der Waals surface area (Å²) >= 11 is 0. The molecule has 21 heavy (non-hydrogen) atoms. The van der Waals surface area contributed by atoms with E-state index in [9.17, 15) is 0 Å². The second kappa shape index (κ2) is 5.28. The van der Waals surface area contributed by atoms with Gasteiger partial charge >= 0.3 is 0 Å². The molecule has 0 spiro atoms. The van der Waals surface area contributed by atoms with Gasteiger partial charge in [0.1, 0.15) is 11.5 Å². The Labute approximate surface area is 124 Å². The van der Waals surface area contributed by atoms with Crippen LogP contribution >= 0.6 is 0 Å². The van der Waals surface area contributed by atoms with Crippen LogP contribution in [0.1, 0.15) is 30.5 Å². The van der Waals surface area contributed by atoms with Crippen molar-refractivity contribution in [2.75, 3.05) is 5.32 Å². The SMILES string of the molecule is C1=CCC(Nc2nc(-c3ccccn3)nc3c2CCC3)C1. The predicted octanol–water partition coefficient (Wildman–Crippen LogP) is 3.16. The zero-order valence-electron chi connectivity index (χ0n) is 11.9. The van der Waals surface area contributed by atoms with E-state index in [1.165, 1.54) is 17.7 Å². The molecule has 0 bridgehead atoms. The Hall–Kier alpha value is -2.23. The first-order valence-corrected chi connectivity index (χ1v) is 7.63. The number of pyridine rings is 1. The second-order valence-electron chi connectivity index (χ2n) is 5.67. The molecule has 0 unspecified atom stereocenters. The average molecular weight is 278 g/mol.